The Labute approximate surface area is 115 Å². The van der Waals surface area contributed by atoms with Crippen LogP contribution in [0.5, 0.6) is 0 Å². The molecular formula is C14H16BrNO2. The molecule has 1 aromatic carbocycles. The Morgan fingerprint density at radius 3 is 3.00 bits per heavy atom. The van der Waals surface area contributed by atoms with Crippen molar-refractivity contribution in [2.45, 2.75) is 12.5 Å². The zero-order valence-electron chi connectivity index (χ0n) is 10.3. The lowest BCUT2D eigenvalue weighted by Crippen LogP contribution is -2.25. The Bertz CT molecular complexity index is 546. The molecule has 1 saturated heterocycles. The summed E-state index contributed by atoms with van der Waals surface area (Å²) in [6, 6.07) is 8.46. The van der Waals surface area contributed by atoms with Gasteiger partial charge in [0.2, 0.25) is 0 Å². The summed E-state index contributed by atoms with van der Waals surface area (Å²) in [4.78, 5) is 0. The third-order valence-electron chi connectivity index (χ3n) is 3.57. The molecule has 0 amide bonds. The van der Waals surface area contributed by atoms with E-state index in [-0.39, 0.29) is 6.04 Å². The lowest BCUT2D eigenvalue weighted by molar-refractivity contribution is 0.175. The molecule has 0 aliphatic carbocycles. The van der Waals surface area contributed by atoms with E-state index in [1.807, 2.05) is 19.2 Å². The molecule has 1 aliphatic heterocycles. The monoisotopic (exact) mass is 309 g/mol. The lowest BCUT2D eigenvalue weighted by atomic mass is 9.97. The van der Waals surface area contributed by atoms with Gasteiger partial charge in [0.05, 0.1) is 17.1 Å². The van der Waals surface area contributed by atoms with Crippen molar-refractivity contribution < 1.29 is 9.15 Å². The summed E-state index contributed by atoms with van der Waals surface area (Å²) in [7, 11) is 1.98. The van der Waals surface area contributed by atoms with E-state index in [9.17, 15) is 0 Å². The molecule has 2 atom stereocenters. The van der Waals surface area contributed by atoms with Crippen LogP contribution < -0.4 is 5.32 Å². The number of benzene rings is 1. The Morgan fingerprint density at radius 1 is 1.44 bits per heavy atom. The maximum Gasteiger partial charge on any atom is 0.148 e. The third kappa shape index (κ3) is 2.09. The molecule has 0 saturated carbocycles. The molecule has 4 heteroatoms. The first-order chi connectivity index (χ1) is 8.79. The van der Waals surface area contributed by atoms with Crippen molar-refractivity contribution in [3.63, 3.8) is 0 Å². The Hall–Kier alpha value is -0.840. The van der Waals surface area contributed by atoms with Gasteiger partial charge in [-0.15, -0.1) is 0 Å². The van der Waals surface area contributed by atoms with Crippen molar-refractivity contribution in [2.24, 2.45) is 5.92 Å². The minimum absolute atomic E-state index is 0.229. The summed E-state index contributed by atoms with van der Waals surface area (Å²) in [6.45, 7) is 1.66. The fourth-order valence-corrected chi connectivity index (χ4v) is 3.09. The number of furan rings is 1. The van der Waals surface area contributed by atoms with Crippen LogP contribution in [0, 0.1) is 5.92 Å². The first-order valence-corrected chi connectivity index (χ1v) is 7.02. The van der Waals surface area contributed by atoms with Crippen LogP contribution in [0.3, 0.4) is 0 Å². The number of ether oxygens (including phenoxy) is 1. The Morgan fingerprint density at radius 2 is 2.33 bits per heavy atom. The van der Waals surface area contributed by atoms with E-state index in [4.69, 9.17) is 9.15 Å². The summed E-state index contributed by atoms with van der Waals surface area (Å²) in [6.07, 6.45) is 1.09. The van der Waals surface area contributed by atoms with Crippen LogP contribution >= 0.6 is 15.9 Å². The highest BCUT2D eigenvalue weighted by Gasteiger charge is 2.28. The van der Waals surface area contributed by atoms with E-state index in [2.05, 4.69) is 33.4 Å². The molecule has 2 heterocycles. The molecule has 0 radical (unpaired) electrons. The average Bonchev–Trinajstić information content (AvgIpc) is 3.00. The molecule has 3 nitrogen and oxygen atoms in total. The molecule has 2 unspecified atom stereocenters. The largest absolute Gasteiger partial charge is 0.458 e. The Kier molecular flexibility index (Phi) is 3.41. The second-order valence-electron chi connectivity index (χ2n) is 4.70. The first kappa shape index (κ1) is 12.2. The van der Waals surface area contributed by atoms with Crippen LogP contribution in [-0.4, -0.2) is 20.3 Å². The van der Waals surface area contributed by atoms with Crippen LogP contribution in [0.15, 0.2) is 33.2 Å². The summed E-state index contributed by atoms with van der Waals surface area (Å²) in [5.41, 5.74) is 0.923. The predicted octanol–water partition coefficient (Wildman–Crippen LogP) is 3.49. The van der Waals surface area contributed by atoms with Gasteiger partial charge >= 0.3 is 0 Å². The fourth-order valence-electron chi connectivity index (χ4n) is 2.63. The predicted molar refractivity (Wildman–Crippen MR) is 74.6 cm³/mol. The molecule has 0 spiro atoms. The number of hydrogen-bond acceptors (Lipinski definition) is 3. The van der Waals surface area contributed by atoms with Crippen LogP contribution in [0.25, 0.3) is 11.0 Å². The minimum atomic E-state index is 0.229. The molecule has 18 heavy (non-hydrogen) atoms. The van der Waals surface area contributed by atoms with Gasteiger partial charge in [-0.25, -0.2) is 0 Å². The molecule has 96 valence electrons. The highest BCUT2D eigenvalue weighted by Crippen LogP contribution is 2.34. The van der Waals surface area contributed by atoms with Crippen LogP contribution in [0.1, 0.15) is 18.2 Å². The normalized spacial score (nSPS) is 21.6. The standard InChI is InChI=1S/C14H16BrNO2/c1-16-13(10-5-6-17-8-10)12-7-9-3-2-4-11(15)14(9)18-12/h2-4,7,10,13,16H,5-6,8H2,1H3. The quantitative estimate of drug-likeness (QED) is 0.942. The molecule has 1 N–H and O–H groups in total. The second-order valence-corrected chi connectivity index (χ2v) is 5.55. The van der Waals surface area contributed by atoms with E-state index in [1.54, 1.807) is 0 Å². The van der Waals surface area contributed by atoms with E-state index >= 15 is 0 Å². The van der Waals surface area contributed by atoms with Crippen LogP contribution in [-0.2, 0) is 4.74 Å². The van der Waals surface area contributed by atoms with E-state index in [0.717, 1.165) is 40.8 Å². The first-order valence-electron chi connectivity index (χ1n) is 6.22. The summed E-state index contributed by atoms with van der Waals surface area (Å²) in [5, 5.41) is 4.49. The SMILES string of the molecule is CNC(c1cc2cccc(Br)c2o1)C1CCOC1. The number of halogens is 1. The highest BCUT2D eigenvalue weighted by atomic mass is 79.9. The number of rotatable bonds is 3. The van der Waals surface area contributed by atoms with Crippen molar-refractivity contribution in [1.29, 1.82) is 0 Å². The molecule has 0 bridgehead atoms. The number of nitrogens with one attached hydrogen (secondary N) is 1. The van der Waals surface area contributed by atoms with Gasteiger partial charge in [-0.05, 0) is 41.5 Å². The third-order valence-corrected chi connectivity index (χ3v) is 4.19. The number of fused-ring (bicyclic) bond motifs is 1. The van der Waals surface area contributed by atoms with Crippen molar-refractivity contribution in [3.8, 4) is 0 Å². The fraction of sp³-hybridized carbons (Fsp3) is 0.429. The van der Waals surface area contributed by atoms with Crippen LogP contribution in [0.2, 0.25) is 0 Å². The van der Waals surface area contributed by atoms with Gasteiger partial charge in [-0.1, -0.05) is 12.1 Å². The topological polar surface area (TPSA) is 34.4 Å². The zero-order chi connectivity index (χ0) is 12.5. The maximum absolute atomic E-state index is 6.00. The molecule has 3 rings (SSSR count). The van der Waals surface area contributed by atoms with Gasteiger partial charge in [-0.2, -0.15) is 0 Å². The van der Waals surface area contributed by atoms with Gasteiger partial charge < -0.3 is 14.5 Å². The van der Waals surface area contributed by atoms with Gasteiger partial charge in [0, 0.05) is 17.9 Å². The van der Waals surface area contributed by atoms with Gasteiger partial charge in [0.15, 0.2) is 0 Å². The van der Waals surface area contributed by atoms with Gasteiger partial charge in [-0.3, -0.25) is 0 Å². The van der Waals surface area contributed by atoms with E-state index < -0.39 is 0 Å². The minimum Gasteiger partial charge on any atom is -0.458 e. The Balaban J connectivity index is 1.99. The maximum atomic E-state index is 6.00. The van der Waals surface area contributed by atoms with Crippen molar-refractivity contribution in [3.05, 3.63) is 34.5 Å². The zero-order valence-corrected chi connectivity index (χ0v) is 11.9. The van der Waals surface area contributed by atoms with E-state index in [1.165, 1.54) is 0 Å². The average molecular weight is 310 g/mol. The van der Waals surface area contributed by atoms with Gasteiger partial charge in [0.1, 0.15) is 11.3 Å². The summed E-state index contributed by atoms with van der Waals surface area (Å²) in [5.74, 6) is 1.49. The molecule has 1 fully saturated rings. The van der Waals surface area contributed by atoms with Crippen molar-refractivity contribution >= 4 is 26.9 Å². The molecule has 1 aliphatic rings. The second kappa shape index (κ2) is 5.03. The number of para-hydroxylation sites is 1. The van der Waals surface area contributed by atoms with Crippen LogP contribution in [0.4, 0.5) is 0 Å². The lowest BCUT2D eigenvalue weighted by Gasteiger charge is -2.19. The molecule has 2 aromatic rings. The summed E-state index contributed by atoms with van der Waals surface area (Å²) < 4.78 is 12.5. The summed E-state index contributed by atoms with van der Waals surface area (Å²) >= 11 is 3.53. The smallest absolute Gasteiger partial charge is 0.148 e. The van der Waals surface area contributed by atoms with Gasteiger partial charge in [0.25, 0.3) is 0 Å². The molecular weight excluding hydrogens is 294 g/mol. The van der Waals surface area contributed by atoms with Crippen molar-refractivity contribution in [1.82, 2.24) is 5.32 Å². The van der Waals surface area contributed by atoms with Crippen molar-refractivity contribution in [2.75, 3.05) is 20.3 Å². The molecule has 1 aromatic heterocycles. The van der Waals surface area contributed by atoms with E-state index in [0.29, 0.717) is 5.92 Å². The highest BCUT2D eigenvalue weighted by molar-refractivity contribution is 9.10. The number of hydrogen-bond donors (Lipinski definition) is 1.